The average Bonchev–Trinajstić information content (AvgIpc) is 2.84. The zero-order valence-electron chi connectivity index (χ0n) is 11.3. The lowest BCUT2D eigenvalue weighted by molar-refractivity contribution is -0.135. The van der Waals surface area contributed by atoms with Crippen molar-refractivity contribution < 1.29 is 14.7 Å². The van der Waals surface area contributed by atoms with Crippen LogP contribution in [-0.2, 0) is 4.79 Å². The molecule has 0 aromatic carbocycles. The maximum Gasteiger partial charge on any atom is 0.323 e. The molecule has 1 aromatic heterocycles. The molecule has 1 aliphatic heterocycles. The van der Waals surface area contributed by atoms with E-state index in [1.54, 1.807) is 12.3 Å². The standard InChI is InChI=1S/C13H18N4O3/c1-17-6-2-3-10(17)9-4-5-11(14-7-9)16-13(20)15-8-12(18)19/h4-5,7,10H,2-3,6,8H2,1H3,(H,18,19)(H2,14,15,16,20)/t10-/m1/s1. The van der Waals surface area contributed by atoms with Gasteiger partial charge in [0.2, 0.25) is 0 Å². The second-order valence-electron chi connectivity index (χ2n) is 4.82. The van der Waals surface area contributed by atoms with E-state index in [1.165, 1.54) is 6.42 Å². The van der Waals surface area contributed by atoms with Gasteiger partial charge in [-0.25, -0.2) is 9.78 Å². The van der Waals surface area contributed by atoms with Gasteiger partial charge < -0.3 is 10.4 Å². The van der Waals surface area contributed by atoms with Crippen LogP contribution in [0.1, 0.15) is 24.4 Å². The van der Waals surface area contributed by atoms with Crippen molar-refractivity contribution in [3.8, 4) is 0 Å². The number of likely N-dealkylation sites (tertiary alicyclic amines) is 1. The molecule has 0 unspecified atom stereocenters. The molecule has 0 bridgehead atoms. The molecule has 1 fully saturated rings. The van der Waals surface area contributed by atoms with Crippen molar-refractivity contribution in [2.45, 2.75) is 18.9 Å². The summed E-state index contributed by atoms with van der Waals surface area (Å²) >= 11 is 0. The van der Waals surface area contributed by atoms with Gasteiger partial charge in [0, 0.05) is 12.2 Å². The largest absolute Gasteiger partial charge is 0.480 e. The molecule has 7 nitrogen and oxygen atoms in total. The molecular formula is C13H18N4O3. The fourth-order valence-electron chi connectivity index (χ4n) is 2.32. The van der Waals surface area contributed by atoms with Crippen LogP contribution in [0.4, 0.5) is 10.6 Å². The van der Waals surface area contributed by atoms with Gasteiger partial charge in [0.1, 0.15) is 12.4 Å². The van der Waals surface area contributed by atoms with E-state index in [0.29, 0.717) is 11.9 Å². The van der Waals surface area contributed by atoms with E-state index >= 15 is 0 Å². The topological polar surface area (TPSA) is 94.6 Å². The number of pyridine rings is 1. The number of hydrogen-bond acceptors (Lipinski definition) is 4. The first-order valence-corrected chi connectivity index (χ1v) is 6.49. The number of aromatic nitrogens is 1. The normalized spacial score (nSPS) is 18.8. The Hall–Kier alpha value is -2.15. The summed E-state index contributed by atoms with van der Waals surface area (Å²) in [6.45, 7) is 0.666. The molecule has 1 aliphatic rings. The molecule has 0 radical (unpaired) electrons. The summed E-state index contributed by atoms with van der Waals surface area (Å²) in [7, 11) is 2.09. The van der Waals surface area contributed by atoms with E-state index in [4.69, 9.17) is 5.11 Å². The highest BCUT2D eigenvalue weighted by Gasteiger charge is 2.22. The minimum absolute atomic E-state index is 0.386. The number of nitrogens with zero attached hydrogens (tertiary/aromatic N) is 2. The van der Waals surface area contributed by atoms with Gasteiger partial charge in [0.25, 0.3) is 0 Å². The minimum atomic E-state index is -1.09. The van der Waals surface area contributed by atoms with Gasteiger partial charge >= 0.3 is 12.0 Å². The molecule has 0 aliphatic carbocycles. The van der Waals surface area contributed by atoms with Gasteiger partial charge in [0.05, 0.1) is 0 Å². The maximum absolute atomic E-state index is 11.4. The monoisotopic (exact) mass is 278 g/mol. The van der Waals surface area contributed by atoms with Crippen molar-refractivity contribution in [1.29, 1.82) is 0 Å². The SMILES string of the molecule is CN1CCC[C@@H]1c1ccc(NC(=O)NCC(=O)O)nc1. The molecule has 0 saturated carbocycles. The number of aliphatic carboxylic acids is 1. The van der Waals surface area contributed by atoms with E-state index < -0.39 is 18.5 Å². The van der Waals surface area contributed by atoms with Crippen molar-refractivity contribution in [3.05, 3.63) is 23.9 Å². The van der Waals surface area contributed by atoms with E-state index in [1.807, 2.05) is 6.07 Å². The number of amides is 2. The summed E-state index contributed by atoms with van der Waals surface area (Å²) in [4.78, 5) is 28.2. The third-order valence-corrected chi connectivity index (χ3v) is 3.33. The fourth-order valence-corrected chi connectivity index (χ4v) is 2.32. The number of hydrogen-bond donors (Lipinski definition) is 3. The number of urea groups is 1. The van der Waals surface area contributed by atoms with Crippen LogP contribution in [-0.4, -0.2) is 47.1 Å². The number of carboxylic acids is 1. The summed E-state index contributed by atoms with van der Waals surface area (Å²) in [5.74, 6) is -0.690. The third kappa shape index (κ3) is 3.67. The lowest BCUT2D eigenvalue weighted by atomic mass is 10.1. The number of rotatable bonds is 4. The van der Waals surface area contributed by atoms with Crippen LogP contribution in [0.25, 0.3) is 0 Å². The van der Waals surface area contributed by atoms with Gasteiger partial charge in [-0.2, -0.15) is 0 Å². The van der Waals surface area contributed by atoms with Gasteiger partial charge in [-0.05, 0) is 38.1 Å². The Bertz CT molecular complexity index is 489. The second kappa shape index (κ2) is 6.33. The first kappa shape index (κ1) is 14.3. The Labute approximate surface area is 117 Å². The first-order valence-electron chi connectivity index (χ1n) is 6.49. The number of nitrogens with one attached hydrogen (secondary N) is 2. The minimum Gasteiger partial charge on any atom is -0.480 e. The quantitative estimate of drug-likeness (QED) is 0.765. The van der Waals surface area contributed by atoms with Gasteiger partial charge in [0.15, 0.2) is 0 Å². The van der Waals surface area contributed by atoms with Crippen molar-refractivity contribution in [2.24, 2.45) is 0 Å². The Morgan fingerprint density at radius 1 is 1.50 bits per heavy atom. The van der Waals surface area contributed by atoms with Gasteiger partial charge in [-0.1, -0.05) is 6.07 Å². The van der Waals surface area contributed by atoms with Gasteiger partial charge in [-0.15, -0.1) is 0 Å². The van der Waals surface area contributed by atoms with Crippen molar-refractivity contribution >= 4 is 17.8 Å². The number of carbonyl (C=O) groups is 2. The Morgan fingerprint density at radius 2 is 2.30 bits per heavy atom. The van der Waals surface area contributed by atoms with Crippen LogP contribution < -0.4 is 10.6 Å². The molecule has 3 N–H and O–H groups in total. The fraction of sp³-hybridized carbons (Fsp3) is 0.462. The lowest BCUT2D eigenvalue weighted by Crippen LogP contribution is -2.33. The van der Waals surface area contributed by atoms with Crippen LogP contribution in [0, 0.1) is 0 Å². The average molecular weight is 278 g/mol. The van der Waals surface area contributed by atoms with Crippen LogP contribution in [0.15, 0.2) is 18.3 Å². The smallest absolute Gasteiger partial charge is 0.323 e. The molecule has 1 atom stereocenters. The predicted octanol–water partition coefficient (Wildman–Crippen LogP) is 1.05. The van der Waals surface area contributed by atoms with Crippen LogP contribution in [0.3, 0.4) is 0 Å². The molecule has 0 spiro atoms. The number of anilines is 1. The first-order chi connectivity index (χ1) is 9.56. The highest BCUT2D eigenvalue weighted by Crippen LogP contribution is 2.29. The summed E-state index contributed by atoms with van der Waals surface area (Å²) in [6, 6.07) is 3.47. The summed E-state index contributed by atoms with van der Waals surface area (Å²) in [5.41, 5.74) is 1.13. The molecule has 1 saturated heterocycles. The Balaban J connectivity index is 1.91. The third-order valence-electron chi connectivity index (χ3n) is 3.33. The zero-order chi connectivity index (χ0) is 14.5. The highest BCUT2D eigenvalue weighted by molar-refractivity contribution is 5.90. The molecule has 108 valence electrons. The van der Waals surface area contributed by atoms with Crippen LogP contribution in [0.5, 0.6) is 0 Å². The second-order valence-corrected chi connectivity index (χ2v) is 4.82. The van der Waals surface area contributed by atoms with E-state index in [-0.39, 0.29) is 0 Å². The summed E-state index contributed by atoms with van der Waals surface area (Å²) in [6.07, 6.45) is 4.04. The van der Waals surface area contributed by atoms with Crippen LogP contribution >= 0.6 is 0 Å². The van der Waals surface area contributed by atoms with E-state index in [0.717, 1.165) is 18.5 Å². The van der Waals surface area contributed by atoms with Crippen LogP contribution in [0.2, 0.25) is 0 Å². The van der Waals surface area contributed by atoms with Crippen molar-refractivity contribution in [1.82, 2.24) is 15.2 Å². The molecule has 2 rings (SSSR count). The molecule has 1 aromatic rings. The Morgan fingerprint density at radius 3 is 2.85 bits per heavy atom. The summed E-state index contributed by atoms with van der Waals surface area (Å²) < 4.78 is 0. The molecule has 2 heterocycles. The summed E-state index contributed by atoms with van der Waals surface area (Å²) in [5, 5.41) is 13.1. The van der Waals surface area contributed by atoms with Gasteiger partial charge in [-0.3, -0.25) is 15.0 Å². The Kier molecular flexibility index (Phi) is 4.52. The number of carbonyl (C=O) groups excluding carboxylic acids is 1. The van der Waals surface area contributed by atoms with Crippen molar-refractivity contribution in [3.63, 3.8) is 0 Å². The number of carboxylic acid groups (broad SMARTS) is 1. The van der Waals surface area contributed by atoms with E-state index in [9.17, 15) is 9.59 Å². The van der Waals surface area contributed by atoms with Crippen molar-refractivity contribution in [2.75, 3.05) is 25.5 Å². The predicted molar refractivity (Wildman–Crippen MR) is 73.5 cm³/mol. The maximum atomic E-state index is 11.4. The van der Waals surface area contributed by atoms with E-state index in [2.05, 4.69) is 27.6 Å². The molecule has 7 heteroatoms. The molecule has 2 amide bonds. The molecular weight excluding hydrogens is 260 g/mol. The zero-order valence-corrected chi connectivity index (χ0v) is 11.3. The molecule has 20 heavy (non-hydrogen) atoms. The lowest BCUT2D eigenvalue weighted by Gasteiger charge is -2.19. The highest BCUT2D eigenvalue weighted by atomic mass is 16.4.